The van der Waals surface area contributed by atoms with Crippen LogP contribution in [0.2, 0.25) is 0 Å². The van der Waals surface area contributed by atoms with Crippen molar-refractivity contribution in [1.82, 2.24) is 9.97 Å². The highest BCUT2D eigenvalue weighted by molar-refractivity contribution is 6.10. The minimum Gasteiger partial charge on any atom is -0.362 e. The summed E-state index contributed by atoms with van der Waals surface area (Å²) in [5.74, 6) is 0. The highest BCUT2D eigenvalue weighted by atomic mass is 14.8. The van der Waals surface area contributed by atoms with Gasteiger partial charge in [0.05, 0.1) is 17.1 Å². The Morgan fingerprint density at radius 2 is 1.88 bits per heavy atom. The third kappa shape index (κ3) is 1.63. The summed E-state index contributed by atoms with van der Waals surface area (Å²) >= 11 is 0. The Morgan fingerprint density at radius 3 is 2.62 bits per heavy atom. The number of hydrogen-bond acceptors (Lipinski definition) is 1. The molecule has 2 aromatic heterocycles. The van der Waals surface area contributed by atoms with E-state index in [2.05, 4.69) is 15.0 Å². The molecule has 2 aromatic rings. The molecule has 3 heteroatoms. The molecule has 0 aromatic carbocycles. The third-order valence-electron chi connectivity index (χ3n) is 2.46. The quantitative estimate of drug-likeness (QED) is 0.764. The fourth-order valence-electron chi connectivity index (χ4n) is 1.69. The van der Waals surface area contributed by atoms with E-state index in [4.69, 9.17) is 0 Å². The molecule has 0 amide bonds. The van der Waals surface area contributed by atoms with E-state index in [-0.39, 0.29) is 0 Å². The van der Waals surface area contributed by atoms with E-state index in [1.54, 1.807) is 0 Å². The number of nitrogens with zero attached hydrogens (tertiary/aromatic N) is 1. The van der Waals surface area contributed by atoms with Crippen LogP contribution in [0.25, 0.3) is 6.08 Å². The first kappa shape index (κ1) is 8.97. The van der Waals surface area contributed by atoms with E-state index in [1.165, 1.54) is 0 Å². The number of nitrogens with one attached hydrogen (secondary N) is 2. The highest BCUT2D eigenvalue weighted by Crippen LogP contribution is 2.15. The molecular weight excluding hydrogens is 198 g/mol. The molecular formula is C13H11N3. The largest absolute Gasteiger partial charge is 0.362 e. The molecule has 3 nitrogen and oxygen atoms in total. The van der Waals surface area contributed by atoms with Crippen LogP contribution in [-0.4, -0.2) is 15.7 Å². The van der Waals surface area contributed by atoms with Crippen LogP contribution in [0.3, 0.4) is 0 Å². The Bertz CT molecular complexity index is 554. The number of allylic oxidation sites excluding steroid dienone is 2. The van der Waals surface area contributed by atoms with Gasteiger partial charge in [0.1, 0.15) is 0 Å². The molecule has 0 saturated heterocycles. The number of aromatic amines is 2. The monoisotopic (exact) mass is 209 g/mol. The summed E-state index contributed by atoms with van der Waals surface area (Å²) in [6, 6.07) is 7.97. The van der Waals surface area contributed by atoms with E-state index >= 15 is 0 Å². The standard InChI is InChI=1S/C13H11N3/c1-3-10(14-7-1)9-11-5-6-13(16-11)12-4-2-8-15-12/h1-9,14-15H. The van der Waals surface area contributed by atoms with Crippen LogP contribution in [0.4, 0.5) is 0 Å². The summed E-state index contributed by atoms with van der Waals surface area (Å²) in [5, 5.41) is 0. The molecule has 3 heterocycles. The molecule has 0 spiro atoms. The zero-order valence-electron chi connectivity index (χ0n) is 8.64. The van der Waals surface area contributed by atoms with Gasteiger partial charge in [-0.1, -0.05) is 0 Å². The second-order valence-corrected chi connectivity index (χ2v) is 3.61. The van der Waals surface area contributed by atoms with E-state index in [0.717, 1.165) is 22.8 Å². The molecule has 1 aliphatic rings. The van der Waals surface area contributed by atoms with Gasteiger partial charge in [-0.2, -0.15) is 0 Å². The van der Waals surface area contributed by atoms with Gasteiger partial charge in [0.15, 0.2) is 0 Å². The fraction of sp³-hybridized carbons (Fsp3) is 0. The van der Waals surface area contributed by atoms with Crippen LogP contribution in [-0.2, 0) is 0 Å². The topological polar surface area (TPSA) is 43.9 Å². The molecule has 0 unspecified atom stereocenters. The Morgan fingerprint density at radius 1 is 1.00 bits per heavy atom. The number of aliphatic imine (C=N–C) groups is 1. The maximum absolute atomic E-state index is 4.52. The number of H-pyrrole nitrogens is 2. The molecule has 0 bridgehead atoms. The van der Waals surface area contributed by atoms with E-state index in [1.807, 2.05) is 54.9 Å². The molecule has 1 aliphatic heterocycles. The van der Waals surface area contributed by atoms with Crippen LogP contribution in [0.5, 0.6) is 0 Å². The van der Waals surface area contributed by atoms with Crippen molar-refractivity contribution in [3.05, 3.63) is 65.9 Å². The molecule has 3 rings (SSSR count). The molecule has 0 fully saturated rings. The summed E-state index contributed by atoms with van der Waals surface area (Å²) < 4.78 is 0. The third-order valence-corrected chi connectivity index (χ3v) is 2.46. The smallest absolute Gasteiger partial charge is 0.0872 e. The lowest BCUT2D eigenvalue weighted by molar-refractivity contribution is 1.34. The summed E-state index contributed by atoms with van der Waals surface area (Å²) in [7, 11) is 0. The molecule has 2 N–H and O–H groups in total. The average Bonchev–Trinajstić information content (AvgIpc) is 2.99. The minimum atomic E-state index is 0.965. The zero-order chi connectivity index (χ0) is 10.8. The lowest BCUT2D eigenvalue weighted by atomic mass is 10.3. The Balaban J connectivity index is 1.90. The Kier molecular flexibility index (Phi) is 2.07. The summed E-state index contributed by atoms with van der Waals surface area (Å²) in [5.41, 5.74) is 4.05. The summed E-state index contributed by atoms with van der Waals surface area (Å²) in [4.78, 5) is 10.8. The molecule has 78 valence electrons. The zero-order valence-corrected chi connectivity index (χ0v) is 8.64. The molecule has 16 heavy (non-hydrogen) atoms. The molecule has 0 atom stereocenters. The second kappa shape index (κ2) is 3.70. The minimum absolute atomic E-state index is 0.965. The van der Waals surface area contributed by atoms with Crippen LogP contribution in [0.15, 0.2) is 59.5 Å². The normalized spacial score (nSPS) is 17.0. The van der Waals surface area contributed by atoms with Crippen molar-refractivity contribution >= 4 is 11.8 Å². The van der Waals surface area contributed by atoms with Gasteiger partial charge in [-0.15, -0.1) is 0 Å². The predicted molar refractivity (Wildman–Crippen MR) is 65.2 cm³/mol. The molecule has 0 aliphatic carbocycles. The van der Waals surface area contributed by atoms with Gasteiger partial charge >= 0.3 is 0 Å². The van der Waals surface area contributed by atoms with Gasteiger partial charge in [-0.3, -0.25) is 0 Å². The van der Waals surface area contributed by atoms with Crippen molar-refractivity contribution in [2.24, 2.45) is 4.99 Å². The van der Waals surface area contributed by atoms with Crippen LogP contribution < -0.4 is 0 Å². The Labute approximate surface area is 93.2 Å². The first-order valence-corrected chi connectivity index (χ1v) is 5.17. The van der Waals surface area contributed by atoms with Gasteiger partial charge in [0.2, 0.25) is 0 Å². The maximum Gasteiger partial charge on any atom is 0.0872 e. The predicted octanol–water partition coefficient (Wildman–Crippen LogP) is 2.74. The number of hydrogen-bond donors (Lipinski definition) is 2. The summed E-state index contributed by atoms with van der Waals surface area (Å²) in [6.45, 7) is 0. The number of aromatic nitrogens is 2. The average molecular weight is 209 g/mol. The van der Waals surface area contributed by atoms with E-state index < -0.39 is 0 Å². The van der Waals surface area contributed by atoms with Crippen molar-refractivity contribution in [1.29, 1.82) is 0 Å². The van der Waals surface area contributed by atoms with Gasteiger partial charge in [-0.25, -0.2) is 4.99 Å². The molecule has 0 radical (unpaired) electrons. The van der Waals surface area contributed by atoms with Crippen LogP contribution in [0.1, 0.15) is 11.4 Å². The van der Waals surface area contributed by atoms with E-state index in [0.29, 0.717) is 0 Å². The van der Waals surface area contributed by atoms with Crippen molar-refractivity contribution in [2.45, 2.75) is 0 Å². The highest BCUT2D eigenvalue weighted by Gasteiger charge is 2.06. The van der Waals surface area contributed by atoms with Crippen LogP contribution >= 0.6 is 0 Å². The first-order chi connectivity index (χ1) is 7.92. The lowest BCUT2D eigenvalue weighted by Gasteiger charge is -1.92. The molecule has 0 saturated carbocycles. The van der Waals surface area contributed by atoms with Crippen molar-refractivity contribution in [2.75, 3.05) is 0 Å². The Hall–Kier alpha value is -2.29. The van der Waals surface area contributed by atoms with Crippen LogP contribution in [0, 0.1) is 0 Å². The first-order valence-electron chi connectivity index (χ1n) is 5.17. The second-order valence-electron chi connectivity index (χ2n) is 3.61. The van der Waals surface area contributed by atoms with Gasteiger partial charge in [0, 0.05) is 18.1 Å². The van der Waals surface area contributed by atoms with Gasteiger partial charge in [0.25, 0.3) is 0 Å². The SMILES string of the molecule is C1=CC(c2ccc[nH]2)=NC1=Cc1ccc[nH]1. The van der Waals surface area contributed by atoms with Crippen molar-refractivity contribution < 1.29 is 0 Å². The van der Waals surface area contributed by atoms with Gasteiger partial charge in [-0.05, 0) is 42.5 Å². The fourth-order valence-corrected chi connectivity index (χ4v) is 1.69. The number of rotatable bonds is 2. The maximum atomic E-state index is 4.52. The lowest BCUT2D eigenvalue weighted by Crippen LogP contribution is -1.92. The summed E-state index contributed by atoms with van der Waals surface area (Å²) in [6.07, 6.45) is 9.85. The van der Waals surface area contributed by atoms with Gasteiger partial charge < -0.3 is 9.97 Å². The van der Waals surface area contributed by atoms with Crippen molar-refractivity contribution in [3.63, 3.8) is 0 Å². The van der Waals surface area contributed by atoms with Crippen molar-refractivity contribution in [3.8, 4) is 0 Å². The van der Waals surface area contributed by atoms with E-state index in [9.17, 15) is 0 Å².